The Kier molecular flexibility index (Phi) is 5.16. The minimum absolute atomic E-state index is 0.169. The van der Waals surface area contributed by atoms with E-state index < -0.39 is 10.0 Å². The third-order valence-electron chi connectivity index (χ3n) is 5.81. The van der Waals surface area contributed by atoms with E-state index in [1.165, 1.54) is 4.31 Å². The fourth-order valence-electron chi connectivity index (χ4n) is 4.18. The molecular weight excluding hydrogens is 442 g/mol. The second-order valence-corrected chi connectivity index (χ2v) is 9.65. The number of aromatic nitrogens is 4. The SMILES string of the molecule is COc1ccc(-c2noc(Cn3nc(C)c(S(=O)(=O)N4CCc5ccccc54)c3C)n2)cc1. The van der Waals surface area contributed by atoms with Gasteiger partial charge in [-0.2, -0.15) is 10.1 Å². The van der Waals surface area contributed by atoms with Crippen LogP contribution in [0.3, 0.4) is 0 Å². The predicted molar refractivity (Wildman–Crippen MR) is 122 cm³/mol. The van der Waals surface area contributed by atoms with E-state index in [-0.39, 0.29) is 11.4 Å². The molecule has 1 aliphatic heterocycles. The third-order valence-corrected chi connectivity index (χ3v) is 7.88. The summed E-state index contributed by atoms with van der Waals surface area (Å²) in [6.45, 7) is 4.03. The first-order valence-electron chi connectivity index (χ1n) is 10.5. The average Bonchev–Trinajstić information content (AvgIpc) is 3.52. The number of ether oxygens (including phenoxy) is 1. The van der Waals surface area contributed by atoms with Gasteiger partial charge in [-0.25, -0.2) is 8.42 Å². The highest BCUT2D eigenvalue weighted by Gasteiger charge is 2.35. The Hall–Kier alpha value is -3.66. The van der Waals surface area contributed by atoms with Crippen LogP contribution in [0.15, 0.2) is 57.9 Å². The number of anilines is 1. The zero-order valence-electron chi connectivity index (χ0n) is 18.5. The summed E-state index contributed by atoms with van der Waals surface area (Å²) in [5, 5.41) is 8.51. The molecule has 0 N–H and O–H groups in total. The number of rotatable bonds is 6. The van der Waals surface area contributed by atoms with Gasteiger partial charge < -0.3 is 9.26 Å². The van der Waals surface area contributed by atoms with Gasteiger partial charge in [-0.3, -0.25) is 8.99 Å². The van der Waals surface area contributed by atoms with Crippen molar-refractivity contribution in [3.05, 3.63) is 71.4 Å². The van der Waals surface area contributed by atoms with Gasteiger partial charge in [-0.1, -0.05) is 23.4 Å². The van der Waals surface area contributed by atoms with Gasteiger partial charge in [-0.05, 0) is 56.2 Å². The van der Waals surface area contributed by atoms with Crippen LogP contribution in [-0.2, 0) is 23.0 Å². The maximum Gasteiger partial charge on any atom is 0.268 e. The van der Waals surface area contributed by atoms with E-state index in [1.807, 2.05) is 48.5 Å². The number of nitrogens with zero attached hydrogens (tertiary/aromatic N) is 5. The quantitative estimate of drug-likeness (QED) is 0.430. The first-order valence-corrected chi connectivity index (χ1v) is 11.9. The van der Waals surface area contributed by atoms with E-state index >= 15 is 0 Å². The number of para-hydroxylation sites is 1. The number of methoxy groups -OCH3 is 1. The van der Waals surface area contributed by atoms with Crippen molar-refractivity contribution in [3.63, 3.8) is 0 Å². The van der Waals surface area contributed by atoms with Gasteiger partial charge >= 0.3 is 0 Å². The summed E-state index contributed by atoms with van der Waals surface area (Å²) < 4.78 is 40.8. The van der Waals surface area contributed by atoms with Crippen molar-refractivity contribution in [3.8, 4) is 17.1 Å². The molecule has 0 fully saturated rings. The van der Waals surface area contributed by atoms with Crippen molar-refractivity contribution in [1.29, 1.82) is 0 Å². The fraction of sp³-hybridized carbons (Fsp3) is 0.261. The second-order valence-electron chi connectivity index (χ2n) is 7.85. The highest BCUT2D eigenvalue weighted by atomic mass is 32.2. The van der Waals surface area contributed by atoms with E-state index in [1.54, 1.807) is 25.6 Å². The number of hydrogen-bond donors (Lipinski definition) is 0. The molecule has 2 aromatic carbocycles. The van der Waals surface area contributed by atoms with Crippen LogP contribution in [0.25, 0.3) is 11.4 Å². The maximum atomic E-state index is 13.6. The van der Waals surface area contributed by atoms with Crippen LogP contribution < -0.4 is 9.04 Å². The van der Waals surface area contributed by atoms with Gasteiger partial charge in [0, 0.05) is 12.1 Å². The number of aryl methyl sites for hydroxylation is 1. The van der Waals surface area contributed by atoms with E-state index in [0.717, 1.165) is 22.6 Å². The molecular formula is C23H23N5O4S. The van der Waals surface area contributed by atoms with Crippen molar-refractivity contribution in [1.82, 2.24) is 19.9 Å². The Morgan fingerprint density at radius 2 is 1.85 bits per heavy atom. The molecule has 0 saturated heterocycles. The van der Waals surface area contributed by atoms with E-state index in [2.05, 4.69) is 15.2 Å². The van der Waals surface area contributed by atoms with E-state index in [4.69, 9.17) is 9.26 Å². The number of benzene rings is 2. The molecule has 170 valence electrons. The maximum absolute atomic E-state index is 13.6. The molecule has 0 spiro atoms. The summed E-state index contributed by atoms with van der Waals surface area (Å²) >= 11 is 0. The molecule has 9 nitrogen and oxygen atoms in total. The summed E-state index contributed by atoms with van der Waals surface area (Å²) in [5.41, 5.74) is 3.51. The monoisotopic (exact) mass is 465 g/mol. The van der Waals surface area contributed by atoms with E-state index in [9.17, 15) is 8.42 Å². The largest absolute Gasteiger partial charge is 0.497 e. The van der Waals surface area contributed by atoms with Crippen molar-refractivity contribution in [2.24, 2.45) is 0 Å². The molecule has 0 amide bonds. The van der Waals surface area contributed by atoms with Gasteiger partial charge in [0.05, 0.1) is 24.2 Å². The summed E-state index contributed by atoms with van der Waals surface area (Å²) in [6.07, 6.45) is 0.692. The van der Waals surface area contributed by atoms with Crippen LogP contribution in [0.5, 0.6) is 5.75 Å². The van der Waals surface area contributed by atoms with Gasteiger partial charge in [0.15, 0.2) is 0 Å². The van der Waals surface area contributed by atoms with Crippen molar-refractivity contribution in [2.75, 3.05) is 18.0 Å². The smallest absolute Gasteiger partial charge is 0.268 e. The minimum atomic E-state index is -3.76. The lowest BCUT2D eigenvalue weighted by Gasteiger charge is -2.19. The first-order chi connectivity index (χ1) is 15.9. The zero-order valence-corrected chi connectivity index (χ0v) is 19.3. The van der Waals surface area contributed by atoms with E-state index in [0.29, 0.717) is 36.1 Å². The lowest BCUT2D eigenvalue weighted by atomic mass is 10.2. The van der Waals surface area contributed by atoms with Gasteiger partial charge in [-0.15, -0.1) is 0 Å². The predicted octanol–water partition coefficient (Wildman–Crippen LogP) is 3.36. The van der Waals surface area contributed by atoms with Crippen LogP contribution >= 0.6 is 0 Å². The van der Waals surface area contributed by atoms with Crippen molar-refractivity contribution in [2.45, 2.75) is 31.7 Å². The van der Waals surface area contributed by atoms with Crippen LogP contribution in [0, 0.1) is 13.8 Å². The summed E-state index contributed by atoms with van der Waals surface area (Å²) in [5.74, 6) is 1.51. The van der Waals surface area contributed by atoms with Gasteiger partial charge in [0.1, 0.15) is 17.2 Å². The molecule has 1 aliphatic rings. The average molecular weight is 466 g/mol. The molecule has 3 heterocycles. The zero-order chi connectivity index (χ0) is 23.2. The number of fused-ring (bicyclic) bond motifs is 1. The molecule has 33 heavy (non-hydrogen) atoms. The molecule has 0 atom stereocenters. The second kappa shape index (κ2) is 8.04. The lowest BCUT2D eigenvalue weighted by molar-refractivity contribution is 0.364. The summed E-state index contributed by atoms with van der Waals surface area (Å²) in [6, 6.07) is 14.9. The normalized spacial score (nSPS) is 13.4. The van der Waals surface area contributed by atoms with Crippen molar-refractivity contribution >= 4 is 15.7 Å². The molecule has 10 heteroatoms. The topological polar surface area (TPSA) is 103 Å². The van der Waals surface area contributed by atoms with Gasteiger partial charge in [0.2, 0.25) is 11.7 Å². The van der Waals surface area contributed by atoms with Gasteiger partial charge in [0.25, 0.3) is 10.0 Å². The number of hydrogen-bond acceptors (Lipinski definition) is 7. The molecule has 0 radical (unpaired) electrons. The molecule has 4 aromatic rings. The van der Waals surface area contributed by atoms with Crippen LogP contribution in [0.4, 0.5) is 5.69 Å². The van der Waals surface area contributed by atoms with Crippen LogP contribution in [-0.4, -0.2) is 42.0 Å². The Morgan fingerprint density at radius 3 is 2.61 bits per heavy atom. The van der Waals surface area contributed by atoms with Crippen LogP contribution in [0.1, 0.15) is 22.8 Å². The first kappa shape index (κ1) is 21.2. The standard InChI is InChI=1S/C23H23N5O4S/c1-15-22(33(29,30)28-13-12-17-6-4-5-7-20(17)28)16(2)27(25-15)14-21-24-23(26-32-21)18-8-10-19(31-3)11-9-18/h4-11H,12-14H2,1-3H3. The Morgan fingerprint density at radius 1 is 1.09 bits per heavy atom. The molecule has 0 unspecified atom stereocenters. The minimum Gasteiger partial charge on any atom is -0.497 e. The third kappa shape index (κ3) is 3.66. The lowest BCUT2D eigenvalue weighted by Crippen LogP contribution is -2.30. The summed E-state index contributed by atoms with van der Waals surface area (Å²) in [7, 11) is -2.15. The number of sulfonamides is 1. The molecule has 5 rings (SSSR count). The Labute approximate surface area is 191 Å². The Balaban J connectivity index is 1.43. The van der Waals surface area contributed by atoms with Crippen molar-refractivity contribution < 1.29 is 17.7 Å². The Bertz CT molecular complexity index is 1420. The molecule has 0 aliphatic carbocycles. The highest BCUT2D eigenvalue weighted by Crippen LogP contribution is 2.34. The fourth-order valence-corrected chi connectivity index (χ4v) is 6.06. The molecule has 0 bridgehead atoms. The molecule has 0 saturated carbocycles. The molecule has 2 aromatic heterocycles. The highest BCUT2D eigenvalue weighted by molar-refractivity contribution is 7.93. The summed E-state index contributed by atoms with van der Waals surface area (Å²) in [4.78, 5) is 4.66. The van der Waals surface area contributed by atoms with Crippen LogP contribution in [0.2, 0.25) is 0 Å².